The molecule has 2 aliphatic rings. The van der Waals surface area contributed by atoms with Crippen LogP contribution in [0.2, 0.25) is 5.02 Å². The van der Waals surface area contributed by atoms with Gasteiger partial charge in [0, 0.05) is 38.9 Å². The second-order valence-corrected chi connectivity index (χ2v) is 7.09. The SMILES string of the molecule is CCCn1cc(Cl)c(C(=O)N2CCC(O)(CN3CCOCC3)C2)n1. The molecule has 0 aliphatic carbocycles. The molecule has 2 fully saturated rings. The number of ether oxygens (including phenoxy) is 1. The molecule has 1 N–H and O–H groups in total. The molecule has 2 aliphatic heterocycles. The number of aliphatic hydroxyl groups is 1. The van der Waals surface area contributed by atoms with Crippen molar-refractivity contribution in [2.24, 2.45) is 0 Å². The Balaban J connectivity index is 1.62. The summed E-state index contributed by atoms with van der Waals surface area (Å²) in [5.41, 5.74) is -0.591. The second kappa shape index (κ2) is 7.39. The van der Waals surface area contributed by atoms with Gasteiger partial charge in [0.05, 0.1) is 30.4 Å². The van der Waals surface area contributed by atoms with Gasteiger partial charge in [-0.2, -0.15) is 5.10 Å². The summed E-state index contributed by atoms with van der Waals surface area (Å²) in [6.07, 6.45) is 3.19. The number of morpholine rings is 1. The maximum Gasteiger partial charge on any atom is 0.276 e. The average Bonchev–Trinajstić information content (AvgIpc) is 3.11. The van der Waals surface area contributed by atoms with Crippen LogP contribution in [0.5, 0.6) is 0 Å². The van der Waals surface area contributed by atoms with Crippen LogP contribution in [0.1, 0.15) is 30.3 Å². The minimum Gasteiger partial charge on any atom is -0.387 e. The fourth-order valence-corrected chi connectivity index (χ4v) is 3.60. The molecule has 1 aromatic rings. The summed E-state index contributed by atoms with van der Waals surface area (Å²) in [6.45, 7) is 7.23. The lowest BCUT2D eigenvalue weighted by Gasteiger charge is -2.33. The first-order valence-electron chi connectivity index (χ1n) is 8.55. The van der Waals surface area contributed by atoms with Gasteiger partial charge in [-0.3, -0.25) is 14.4 Å². The van der Waals surface area contributed by atoms with Gasteiger partial charge in [0.25, 0.3) is 5.91 Å². The summed E-state index contributed by atoms with van der Waals surface area (Å²) in [5, 5.41) is 15.5. The molecule has 0 aromatic carbocycles. The molecule has 0 bridgehead atoms. The van der Waals surface area contributed by atoms with Crippen LogP contribution >= 0.6 is 11.6 Å². The molecule has 0 radical (unpaired) electrons. The van der Waals surface area contributed by atoms with E-state index in [1.165, 1.54) is 0 Å². The molecule has 7 nitrogen and oxygen atoms in total. The Labute approximate surface area is 147 Å². The topological polar surface area (TPSA) is 70.8 Å². The van der Waals surface area contributed by atoms with Crippen molar-refractivity contribution in [2.75, 3.05) is 45.9 Å². The molecule has 0 spiro atoms. The molecule has 1 aromatic heterocycles. The third-order valence-electron chi connectivity index (χ3n) is 4.61. The molecule has 2 saturated heterocycles. The van der Waals surface area contributed by atoms with Gasteiger partial charge < -0.3 is 14.7 Å². The molecular formula is C16H25ClN4O3. The molecule has 8 heteroatoms. The number of aromatic nitrogens is 2. The Hall–Kier alpha value is -1.15. The van der Waals surface area contributed by atoms with Gasteiger partial charge in [-0.1, -0.05) is 18.5 Å². The highest BCUT2D eigenvalue weighted by Crippen LogP contribution is 2.26. The van der Waals surface area contributed by atoms with E-state index in [4.69, 9.17) is 16.3 Å². The van der Waals surface area contributed by atoms with Gasteiger partial charge >= 0.3 is 0 Å². The van der Waals surface area contributed by atoms with Crippen LogP contribution < -0.4 is 0 Å². The first kappa shape index (κ1) is 17.7. The van der Waals surface area contributed by atoms with Crippen molar-refractivity contribution >= 4 is 17.5 Å². The van der Waals surface area contributed by atoms with Crippen LogP contribution in [-0.4, -0.2) is 82.1 Å². The van der Waals surface area contributed by atoms with E-state index in [0.717, 1.165) is 26.1 Å². The summed E-state index contributed by atoms with van der Waals surface area (Å²) in [4.78, 5) is 16.5. The summed E-state index contributed by atoms with van der Waals surface area (Å²) < 4.78 is 7.04. The minimum atomic E-state index is -0.870. The van der Waals surface area contributed by atoms with Gasteiger partial charge in [0.15, 0.2) is 5.69 Å². The number of likely N-dealkylation sites (tertiary alicyclic amines) is 1. The highest BCUT2D eigenvalue weighted by molar-refractivity contribution is 6.33. The van der Waals surface area contributed by atoms with E-state index in [1.807, 2.05) is 6.92 Å². The van der Waals surface area contributed by atoms with Crippen molar-refractivity contribution in [2.45, 2.75) is 31.9 Å². The highest BCUT2D eigenvalue weighted by Gasteiger charge is 2.40. The first-order valence-corrected chi connectivity index (χ1v) is 8.93. The molecule has 1 amide bonds. The van der Waals surface area contributed by atoms with Crippen LogP contribution in [0.4, 0.5) is 0 Å². The zero-order valence-corrected chi connectivity index (χ0v) is 14.8. The fourth-order valence-electron chi connectivity index (χ4n) is 3.37. The van der Waals surface area contributed by atoms with E-state index in [1.54, 1.807) is 15.8 Å². The lowest BCUT2D eigenvalue weighted by Crippen LogP contribution is -2.49. The Morgan fingerprint density at radius 1 is 1.42 bits per heavy atom. The maximum atomic E-state index is 12.7. The van der Waals surface area contributed by atoms with Crippen molar-refractivity contribution < 1.29 is 14.6 Å². The summed E-state index contributed by atoms with van der Waals surface area (Å²) in [7, 11) is 0. The zero-order chi connectivity index (χ0) is 17.2. The van der Waals surface area contributed by atoms with E-state index in [-0.39, 0.29) is 11.6 Å². The van der Waals surface area contributed by atoms with Crippen LogP contribution in [0.3, 0.4) is 0 Å². The number of halogens is 1. The second-order valence-electron chi connectivity index (χ2n) is 6.68. The quantitative estimate of drug-likeness (QED) is 0.847. The predicted molar refractivity (Wildman–Crippen MR) is 90.3 cm³/mol. The van der Waals surface area contributed by atoms with E-state index in [0.29, 0.717) is 44.3 Å². The number of carbonyl (C=O) groups is 1. The molecular weight excluding hydrogens is 332 g/mol. The zero-order valence-electron chi connectivity index (χ0n) is 14.1. The number of amides is 1. The third kappa shape index (κ3) is 3.91. The lowest BCUT2D eigenvalue weighted by atomic mass is 10.0. The number of rotatable bonds is 5. The van der Waals surface area contributed by atoms with Crippen LogP contribution in [0.15, 0.2) is 6.20 Å². The fraction of sp³-hybridized carbons (Fsp3) is 0.750. The van der Waals surface area contributed by atoms with Crippen molar-refractivity contribution in [3.05, 3.63) is 16.9 Å². The maximum absolute atomic E-state index is 12.7. The largest absolute Gasteiger partial charge is 0.387 e. The molecule has 3 rings (SSSR count). The molecule has 1 atom stereocenters. The number of hydrogen-bond acceptors (Lipinski definition) is 5. The molecule has 3 heterocycles. The van der Waals surface area contributed by atoms with Crippen molar-refractivity contribution in [1.82, 2.24) is 19.6 Å². The predicted octanol–water partition coefficient (Wildman–Crippen LogP) is 0.856. The van der Waals surface area contributed by atoms with E-state index in [2.05, 4.69) is 10.00 Å². The Morgan fingerprint density at radius 3 is 2.88 bits per heavy atom. The van der Waals surface area contributed by atoms with E-state index < -0.39 is 5.60 Å². The molecule has 1 unspecified atom stereocenters. The smallest absolute Gasteiger partial charge is 0.276 e. The number of aryl methyl sites for hydroxylation is 1. The minimum absolute atomic E-state index is 0.201. The average molecular weight is 357 g/mol. The Morgan fingerprint density at radius 2 is 2.17 bits per heavy atom. The summed E-state index contributed by atoms with van der Waals surface area (Å²) in [6, 6.07) is 0. The number of hydrogen-bond donors (Lipinski definition) is 1. The normalized spacial score (nSPS) is 25.4. The van der Waals surface area contributed by atoms with Crippen LogP contribution in [0.25, 0.3) is 0 Å². The van der Waals surface area contributed by atoms with E-state index >= 15 is 0 Å². The first-order chi connectivity index (χ1) is 11.5. The number of nitrogens with zero attached hydrogens (tertiary/aromatic N) is 4. The van der Waals surface area contributed by atoms with Gasteiger partial charge in [-0.05, 0) is 12.8 Å². The lowest BCUT2D eigenvalue weighted by molar-refractivity contribution is -0.0257. The van der Waals surface area contributed by atoms with Crippen LogP contribution in [0, 0.1) is 0 Å². The summed E-state index contributed by atoms with van der Waals surface area (Å²) in [5.74, 6) is -0.201. The van der Waals surface area contributed by atoms with Gasteiger partial charge in [-0.25, -0.2) is 0 Å². The third-order valence-corrected chi connectivity index (χ3v) is 4.89. The van der Waals surface area contributed by atoms with Crippen molar-refractivity contribution in [3.63, 3.8) is 0 Å². The Bertz CT molecular complexity index is 588. The van der Waals surface area contributed by atoms with Crippen molar-refractivity contribution in [1.29, 1.82) is 0 Å². The molecule has 24 heavy (non-hydrogen) atoms. The standard InChI is InChI=1S/C16H25ClN4O3/c1-2-4-21-10-13(17)14(18-21)15(22)20-5-3-16(23,12-20)11-19-6-8-24-9-7-19/h10,23H,2-9,11-12H2,1H3. The van der Waals surface area contributed by atoms with Gasteiger partial charge in [0.2, 0.25) is 0 Å². The van der Waals surface area contributed by atoms with Gasteiger partial charge in [-0.15, -0.1) is 0 Å². The number of β-amino-alcohol motifs (C(OH)–C–C–N with tert-alkyl or cyclic N) is 1. The van der Waals surface area contributed by atoms with Gasteiger partial charge in [0.1, 0.15) is 0 Å². The van der Waals surface area contributed by atoms with E-state index in [9.17, 15) is 9.90 Å². The number of carbonyl (C=O) groups excluding carboxylic acids is 1. The van der Waals surface area contributed by atoms with Crippen LogP contribution in [-0.2, 0) is 11.3 Å². The van der Waals surface area contributed by atoms with Crippen molar-refractivity contribution in [3.8, 4) is 0 Å². The Kier molecular flexibility index (Phi) is 5.44. The monoisotopic (exact) mass is 356 g/mol. The molecule has 134 valence electrons. The molecule has 0 saturated carbocycles. The highest BCUT2D eigenvalue weighted by atomic mass is 35.5. The summed E-state index contributed by atoms with van der Waals surface area (Å²) >= 11 is 6.17.